The number of benzene rings is 2. The van der Waals surface area contributed by atoms with Crippen molar-refractivity contribution in [1.29, 1.82) is 0 Å². The summed E-state index contributed by atoms with van der Waals surface area (Å²) >= 11 is 0. The van der Waals surface area contributed by atoms with Crippen molar-refractivity contribution in [3.63, 3.8) is 0 Å². The van der Waals surface area contributed by atoms with Gasteiger partial charge in [-0.1, -0.05) is 12.1 Å². The molecule has 4 aromatic rings. The molecule has 0 aliphatic carbocycles. The molecule has 10 nitrogen and oxygen atoms in total. The van der Waals surface area contributed by atoms with Crippen LogP contribution in [0.15, 0.2) is 79.1 Å². The number of anilines is 2. The summed E-state index contributed by atoms with van der Waals surface area (Å²) < 4.78 is 17.0. The van der Waals surface area contributed by atoms with E-state index in [0.29, 0.717) is 60.3 Å². The Bertz CT molecular complexity index is 1430. The molecule has 0 aliphatic rings. The zero-order valence-corrected chi connectivity index (χ0v) is 23.4. The van der Waals surface area contributed by atoms with Gasteiger partial charge in [0, 0.05) is 56.0 Å². The number of nitrogens with one attached hydrogen (secondary N) is 4. The minimum absolute atomic E-state index is 0.201. The van der Waals surface area contributed by atoms with Crippen molar-refractivity contribution in [2.24, 2.45) is 0 Å². The molecule has 2 aromatic carbocycles. The Kier molecular flexibility index (Phi) is 10.5. The number of aromatic amines is 1. The number of rotatable bonds is 13. The van der Waals surface area contributed by atoms with Gasteiger partial charge in [0.1, 0.15) is 11.5 Å². The first kappa shape index (κ1) is 29.3. The van der Waals surface area contributed by atoms with Crippen molar-refractivity contribution in [3.05, 3.63) is 90.3 Å². The maximum absolute atomic E-state index is 12.6. The molecule has 0 saturated heterocycles. The van der Waals surface area contributed by atoms with Gasteiger partial charge in [0.15, 0.2) is 6.29 Å². The molecular formula is C31H35N5O5. The van der Waals surface area contributed by atoms with E-state index in [-0.39, 0.29) is 18.2 Å². The first-order valence-electron chi connectivity index (χ1n) is 13.5. The van der Waals surface area contributed by atoms with Gasteiger partial charge in [-0.2, -0.15) is 0 Å². The Hall–Kier alpha value is -4.67. The number of carbonyl (C=O) groups is 2. The van der Waals surface area contributed by atoms with E-state index in [0.717, 1.165) is 11.3 Å². The number of nitrogens with zero attached hydrogens (tertiary/aromatic N) is 1. The highest BCUT2D eigenvalue weighted by atomic mass is 16.7. The molecule has 0 atom stereocenters. The van der Waals surface area contributed by atoms with Gasteiger partial charge in [0.2, 0.25) is 0 Å². The van der Waals surface area contributed by atoms with Gasteiger partial charge in [-0.3, -0.25) is 9.78 Å². The minimum Gasteiger partial charge on any atom is -0.457 e. The largest absolute Gasteiger partial charge is 0.457 e. The van der Waals surface area contributed by atoms with E-state index >= 15 is 0 Å². The number of pyridine rings is 1. The lowest BCUT2D eigenvalue weighted by Gasteiger charge is -2.16. The fourth-order valence-electron chi connectivity index (χ4n) is 4.05. The fourth-order valence-corrected chi connectivity index (χ4v) is 4.05. The average molecular weight is 558 g/mol. The number of aryl methyl sites for hydroxylation is 1. The van der Waals surface area contributed by atoms with Gasteiger partial charge in [-0.25, -0.2) is 4.79 Å². The lowest BCUT2D eigenvalue weighted by atomic mass is 10.2. The lowest BCUT2D eigenvalue weighted by molar-refractivity contribution is -0.138. The van der Waals surface area contributed by atoms with Crippen molar-refractivity contribution >= 4 is 23.3 Å². The molecule has 0 radical (unpaired) electrons. The third-order valence-electron chi connectivity index (χ3n) is 5.95. The predicted molar refractivity (Wildman–Crippen MR) is 158 cm³/mol. The number of ether oxygens (including phenoxy) is 3. The van der Waals surface area contributed by atoms with E-state index in [1.165, 1.54) is 0 Å². The van der Waals surface area contributed by atoms with Gasteiger partial charge in [0.05, 0.1) is 17.0 Å². The Morgan fingerprint density at radius 3 is 2.39 bits per heavy atom. The molecule has 3 amide bonds. The van der Waals surface area contributed by atoms with E-state index in [1.807, 2.05) is 45.0 Å². The number of hydrogen-bond donors (Lipinski definition) is 4. The van der Waals surface area contributed by atoms with Crippen LogP contribution in [0.1, 0.15) is 36.2 Å². The third-order valence-corrected chi connectivity index (χ3v) is 5.95. The molecule has 2 aromatic heterocycles. The van der Waals surface area contributed by atoms with Crippen LogP contribution in [0.2, 0.25) is 0 Å². The van der Waals surface area contributed by atoms with Crippen LogP contribution in [0.5, 0.6) is 11.5 Å². The second kappa shape index (κ2) is 14.6. The maximum Gasteiger partial charge on any atom is 0.323 e. The Morgan fingerprint density at radius 1 is 0.902 bits per heavy atom. The summed E-state index contributed by atoms with van der Waals surface area (Å²) in [6.45, 7) is 7.30. The molecular weight excluding hydrogens is 522 g/mol. The second-order valence-electron chi connectivity index (χ2n) is 9.14. The summed E-state index contributed by atoms with van der Waals surface area (Å²) in [4.78, 5) is 32.4. The van der Waals surface area contributed by atoms with Gasteiger partial charge in [0.25, 0.3) is 5.91 Å². The Morgan fingerprint density at radius 2 is 1.66 bits per heavy atom. The van der Waals surface area contributed by atoms with Crippen LogP contribution in [0.3, 0.4) is 0 Å². The van der Waals surface area contributed by atoms with E-state index < -0.39 is 0 Å². The second-order valence-corrected chi connectivity index (χ2v) is 9.14. The van der Waals surface area contributed by atoms with Crippen molar-refractivity contribution in [1.82, 2.24) is 15.3 Å². The maximum atomic E-state index is 12.6. The van der Waals surface area contributed by atoms with Crippen LogP contribution in [0, 0.1) is 6.92 Å². The lowest BCUT2D eigenvalue weighted by Crippen LogP contribution is -2.29. The van der Waals surface area contributed by atoms with E-state index in [1.54, 1.807) is 54.9 Å². The first-order valence-corrected chi connectivity index (χ1v) is 13.5. The highest BCUT2D eigenvalue weighted by Crippen LogP contribution is 2.26. The molecule has 10 heteroatoms. The van der Waals surface area contributed by atoms with Crippen LogP contribution >= 0.6 is 0 Å². The highest BCUT2D eigenvalue weighted by molar-refractivity contribution is 5.99. The van der Waals surface area contributed by atoms with Gasteiger partial charge in [-0.15, -0.1) is 0 Å². The zero-order chi connectivity index (χ0) is 29.0. The summed E-state index contributed by atoms with van der Waals surface area (Å²) in [5, 5.41) is 8.51. The van der Waals surface area contributed by atoms with Crippen LogP contribution in [-0.4, -0.2) is 48.0 Å². The number of H-pyrrole nitrogens is 1. The van der Waals surface area contributed by atoms with E-state index in [9.17, 15) is 9.59 Å². The minimum atomic E-state index is -0.338. The monoisotopic (exact) mass is 557 g/mol. The van der Waals surface area contributed by atoms with Crippen molar-refractivity contribution in [3.8, 4) is 22.9 Å². The van der Waals surface area contributed by atoms with Crippen LogP contribution in [0.4, 0.5) is 16.2 Å². The van der Waals surface area contributed by atoms with Gasteiger partial charge >= 0.3 is 6.03 Å². The number of urea groups is 1. The SMILES string of the molecule is CCOC(CCNC(=O)c1c[nH]c(-c2cc(Oc3ccc(NC(=O)Nc4cccc(C)c4)cc3)ccn2)c1)OCC. The Balaban J connectivity index is 1.30. The summed E-state index contributed by atoms with van der Waals surface area (Å²) in [5.41, 5.74) is 4.21. The normalized spacial score (nSPS) is 10.8. The summed E-state index contributed by atoms with van der Waals surface area (Å²) in [7, 11) is 0. The third kappa shape index (κ3) is 8.92. The van der Waals surface area contributed by atoms with Crippen molar-refractivity contribution < 1.29 is 23.8 Å². The zero-order valence-electron chi connectivity index (χ0n) is 23.4. The van der Waals surface area contributed by atoms with Crippen molar-refractivity contribution in [2.45, 2.75) is 33.5 Å². The standard InChI is InChI=1S/C31H35N5O5/c1-4-39-29(40-5-2)14-16-33-30(37)22-18-27(34-20-22)28-19-26(13-15-32-28)41-25-11-9-23(10-12-25)35-31(38)36-24-8-6-7-21(3)17-24/h6-13,15,17-20,29,34H,4-5,14,16H2,1-3H3,(H,33,37)(H2,35,36,38). The fraction of sp³-hybridized carbons (Fsp3) is 0.258. The number of hydrogen-bond acceptors (Lipinski definition) is 6. The number of amides is 3. The number of carbonyl (C=O) groups excluding carboxylic acids is 2. The van der Waals surface area contributed by atoms with Crippen molar-refractivity contribution in [2.75, 3.05) is 30.4 Å². The average Bonchev–Trinajstić information content (AvgIpc) is 3.45. The van der Waals surface area contributed by atoms with E-state index in [2.05, 4.69) is 25.9 Å². The quantitative estimate of drug-likeness (QED) is 0.142. The summed E-state index contributed by atoms with van der Waals surface area (Å²) in [6, 6.07) is 19.6. The van der Waals surface area contributed by atoms with Gasteiger partial charge in [-0.05, 0) is 74.9 Å². The topological polar surface area (TPSA) is 127 Å². The highest BCUT2D eigenvalue weighted by Gasteiger charge is 2.13. The number of aromatic nitrogens is 2. The molecule has 0 bridgehead atoms. The van der Waals surface area contributed by atoms with Gasteiger partial charge < -0.3 is 35.1 Å². The molecule has 0 aliphatic heterocycles. The van der Waals surface area contributed by atoms with Crippen LogP contribution in [-0.2, 0) is 9.47 Å². The molecule has 0 saturated carbocycles. The summed E-state index contributed by atoms with van der Waals surface area (Å²) in [6.07, 6.45) is 3.50. The smallest absolute Gasteiger partial charge is 0.323 e. The Labute approximate surface area is 239 Å². The molecule has 0 unspecified atom stereocenters. The summed E-state index contributed by atoms with van der Waals surface area (Å²) in [5.74, 6) is 0.968. The molecule has 0 spiro atoms. The molecule has 41 heavy (non-hydrogen) atoms. The molecule has 4 rings (SSSR count). The molecule has 2 heterocycles. The molecule has 4 N–H and O–H groups in total. The van der Waals surface area contributed by atoms with Crippen LogP contribution in [0.25, 0.3) is 11.4 Å². The predicted octanol–water partition coefficient (Wildman–Crippen LogP) is 6.34. The molecule has 214 valence electrons. The van der Waals surface area contributed by atoms with E-state index in [4.69, 9.17) is 14.2 Å². The first-order chi connectivity index (χ1) is 19.9. The molecule has 0 fully saturated rings. The van der Waals surface area contributed by atoms with Crippen LogP contribution < -0.4 is 20.7 Å².